The Balaban J connectivity index is 1.45. The predicted octanol–water partition coefficient (Wildman–Crippen LogP) is 0.804. The van der Waals surface area contributed by atoms with Crippen LogP contribution in [0.4, 0.5) is 13.2 Å². The number of nitrogens with one attached hydrogen (secondary N) is 1. The maximum atomic E-state index is 12.6. The van der Waals surface area contributed by atoms with E-state index in [0.29, 0.717) is 30.6 Å². The molecule has 0 bridgehead atoms. The van der Waals surface area contributed by atoms with Crippen molar-refractivity contribution in [1.29, 1.82) is 0 Å². The van der Waals surface area contributed by atoms with E-state index in [2.05, 4.69) is 19.8 Å². The standard InChI is InChI=1S/C14H14F3N5O3/c1-21-11(23)6-2-3-22(5-9(6)19-21)12(24)8-4-7(8)10-18-13(20-25-10)14(15,16)17/h7-8,19H,2-5H2,1H3/t7-,8+/m0/s1. The van der Waals surface area contributed by atoms with Crippen LogP contribution >= 0.6 is 0 Å². The predicted molar refractivity (Wildman–Crippen MR) is 75.3 cm³/mol. The molecular weight excluding hydrogens is 343 g/mol. The van der Waals surface area contributed by atoms with E-state index in [1.807, 2.05) is 0 Å². The molecule has 2 aliphatic rings. The number of aromatic nitrogens is 4. The number of aromatic amines is 1. The molecule has 8 nitrogen and oxygen atoms in total. The average Bonchev–Trinajstić information content (AvgIpc) is 3.08. The monoisotopic (exact) mass is 357 g/mol. The van der Waals surface area contributed by atoms with Crippen LogP contribution in [0, 0.1) is 5.92 Å². The third-order valence-electron chi connectivity index (χ3n) is 4.64. The summed E-state index contributed by atoms with van der Waals surface area (Å²) in [6.45, 7) is 0.685. The van der Waals surface area contributed by atoms with E-state index in [9.17, 15) is 22.8 Å². The maximum absolute atomic E-state index is 12.6. The summed E-state index contributed by atoms with van der Waals surface area (Å²) in [5.74, 6) is -2.60. The van der Waals surface area contributed by atoms with Crippen LogP contribution in [0.2, 0.25) is 0 Å². The van der Waals surface area contributed by atoms with E-state index >= 15 is 0 Å². The average molecular weight is 357 g/mol. The number of nitrogens with zero attached hydrogens (tertiary/aromatic N) is 4. The Labute approximate surface area is 138 Å². The van der Waals surface area contributed by atoms with Gasteiger partial charge in [-0.1, -0.05) is 5.16 Å². The zero-order chi connectivity index (χ0) is 17.9. The molecule has 1 fully saturated rings. The van der Waals surface area contributed by atoms with Gasteiger partial charge in [0.1, 0.15) is 0 Å². The second-order valence-electron chi connectivity index (χ2n) is 6.35. The Hall–Kier alpha value is -2.59. The minimum atomic E-state index is -4.67. The van der Waals surface area contributed by atoms with Crippen LogP contribution in [0.15, 0.2) is 9.32 Å². The van der Waals surface area contributed by atoms with Crippen molar-refractivity contribution in [2.24, 2.45) is 13.0 Å². The Morgan fingerprint density at radius 3 is 2.84 bits per heavy atom. The van der Waals surface area contributed by atoms with E-state index in [4.69, 9.17) is 0 Å². The Morgan fingerprint density at radius 1 is 1.40 bits per heavy atom. The van der Waals surface area contributed by atoms with Gasteiger partial charge in [-0.25, -0.2) is 0 Å². The van der Waals surface area contributed by atoms with Crippen LogP contribution in [0.3, 0.4) is 0 Å². The number of H-pyrrole nitrogens is 1. The van der Waals surface area contributed by atoms with Crippen molar-refractivity contribution in [3.05, 3.63) is 33.3 Å². The summed E-state index contributed by atoms with van der Waals surface area (Å²) < 4.78 is 43.6. The normalized spacial score (nSPS) is 22.8. The lowest BCUT2D eigenvalue weighted by atomic mass is 10.1. The molecule has 0 unspecified atom stereocenters. The number of hydrogen-bond acceptors (Lipinski definition) is 5. The highest BCUT2D eigenvalue weighted by molar-refractivity contribution is 5.83. The number of fused-ring (bicyclic) bond motifs is 1. The van der Waals surface area contributed by atoms with Crippen LogP contribution in [0.5, 0.6) is 0 Å². The quantitative estimate of drug-likeness (QED) is 0.858. The van der Waals surface area contributed by atoms with Gasteiger partial charge >= 0.3 is 6.18 Å². The summed E-state index contributed by atoms with van der Waals surface area (Å²) >= 11 is 0. The van der Waals surface area contributed by atoms with E-state index in [-0.39, 0.29) is 23.9 Å². The molecule has 0 aromatic carbocycles. The first kappa shape index (κ1) is 15.9. The van der Waals surface area contributed by atoms with Crippen molar-refractivity contribution in [2.75, 3.05) is 6.54 Å². The molecule has 1 N–H and O–H groups in total. The molecule has 1 aliphatic carbocycles. The number of alkyl halides is 3. The molecule has 134 valence electrons. The molecule has 25 heavy (non-hydrogen) atoms. The fourth-order valence-corrected chi connectivity index (χ4v) is 3.22. The second-order valence-corrected chi connectivity index (χ2v) is 6.35. The Bertz CT molecular complexity index is 896. The van der Waals surface area contributed by atoms with Crippen molar-refractivity contribution in [1.82, 2.24) is 24.8 Å². The summed E-state index contributed by atoms with van der Waals surface area (Å²) in [4.78, 5) is 29.4. The largest absolute Gasteiger partial charge is 0.455 e. The summed E-state index contributed by atoms with van der Waals surface area (Å²) in [6, 6.07) is 0. The summed E-state index contributed by atoms with van der Waals surface area (Å²) in [6.07, 6.45) is -3.83. The van der Waals surface area contributed by atoms with E-state index in [1.165, 1.54) is 4.68 Å². The highest BCUT2D eigenvalue weighted by Crippen LogP contribution is 2.48. The lowest BCUT2D eigenvalue weighted by Crippen LogP contribution is -2.38. The van der Waals surface area contributed by atoms with Gasteiger partial charge < -0.3 is 9.42 Å². The highest BCUT2D eigenvalue weighted by Gasteiger charge is 2.51. The van der Waals surface area contributed by atoms with Crippen molar-refractivity contribution < 1.29 is 22.5 Å². The number of amides is 1. The molecule has 2 aromatic rings. The van der Waals surface area contributed by atoms with Crippen molar-refractivity contribution in [2.45, 2.75) is 31.5 Å². The van der Waals surface area contributed by atoms with Gasteiger partial charge in [0.2, 0.25) is 11.8 Å². The number of halogens is 3. The molecule has 11 heteroatoms. The molecule has 1 saturated carbocycles. The zero-order valence-electron chi connectivity index (χ0n) is 13.1. The number of rotatable bonds is 2. The van der Waals surface area contributed by atoms with Crippen molar-refractivity contribution >= 4 is 5.91 Å². The fourth-order valence-electron chi connectivity index (χ4n) is 3.22. The first-order chi connectivity index (χ1) is 11.8. The molecule has 0 spiro atoms. The number of carbonyl (C=O) groups excluding carboxylic acids is 1. The van der Waals surface area contributed by atoms with Crippen LogP contribution < -0.4 is 5.56 Å². The van der Waals surface area contributed by atoms with Crippen molar-refractivity contribution in [3.63, 3.8) is 0 Å². The van der Waals surface area contributed by atoms with Crippen LogP contribution in [0.25, 0.3) is 0 Å². The summed E-state index contributed by atoms with van der Waals surface area (Å²) in [5.41, 5.74) is 1.27. The zero-order valence-corrected chi connectivity index (χ0v) is 13.1. The van der Waals surface area contributed by atoms with Gasteiger partial charge in [-0.15, -0.1) is 0 Å². The Morgan fingerprint density at radius 2 is 2.16 bits per heavy atom. The lowest BCUT2D eigenvalue weighted by molar-refractivity contribution is -0.146. The molecule has 0 saturated heterocycles. The lowest BCUT2D eigenvalue weighted by Gasteiger charge is -2.26. The summed E-state index contributed by atoms with van der Waals surface area (Å²) in [5, 5.41) is 5.83. The second kappa shape index (κ2) is 5.20. The fraction of sp³-hybridized carbons (Fsp3) is 0.571. The Kier molecular flexibility index (Phi) is 3.31. The first-order valence-corrected chi connectivity index (χ1v) is 7.72. The van der Waals surface area contributed by atoms with Gasteiger partial charge in [-0.3, -0.25) is 19.4 Å². The smallest absolute Gasteiger partial charge is 0.339 e. The minimum Gasteiger partial charge on any atom is -0.339 e. The SMILES string of the molecule is Cn1[nH]c2c(c1=O)CCN(C(=O)[C@@H]1C[C@@H]1c1nc(C(F)(F)F)no1)C2. The minimum absolute atomic E-state index is 0.100. The number of hydrogen-bond donors (Lipinski definition) is 1. The van der Waals surface area contributed by atoms with Gasteiger partial charge in [0.25, 0.3) is 11.4 Å². The first-order valence-electron chi connectivity index (χ1n) is 7.72. The van der Waals surface area contributed by atoms with Gasteiger partial charge in [0.15, 0.2) is 0 Å². The topological polar surface area (TPSA) is 97.0 Å². The van der Waals surface area contributed by atoms with Gasteiger partial charge in [0, 0.05) is 19.2 Å². The molecule has 2 aromatic heterocycles. The third kappa shape index (κ3) is 2.63. The molecule has 0 radical (unpaired) electrons. The van der Waals surface area contributed by atoms with Gasteiger partial charge in [-0.05, 0) is 12.8 Å². The molecule has 3 heterocycles. The highest BCUT2D eigenvalue weighted by atomic mass is 19.4. The van der Waals surface area contributed by atoms with E-state index < -0.39 is 23.8 Å². The summed E-state index contributed by atoms with van der Waals surface area (Å²) in [7, 11) is 1.61. The molecule has 4 rings (SSSR count). The molecule has 2 atom stereocenters. The van der Waals surface area contributed by atoms with E-state index in [1.54, 1.807) is 11.9 Å². The number of carbonyl (C=O) groups is 1. The van der Waals surface area contributed by atoms with Crippen LogP contribution in [-0.4, -0.2) is 37.3 Å². The van der Waals surface area contributed by atoms with Crippen LogP contribution in [-0.2, 0) is 31.0 Å². The van der Waals surface area contributed by atoms with Crippen LogP contribution in [0.1, 0.15) is 35.3 Å². The number of aryl methyl sites for hydroxylation is 1. The van der Waals surface area contributed by atoms with Crippen molar-refractivity contribution in [3.8, 4) is 0 Å². The molecule has 1 aliphatic heterocycles. The molecular formula is C14H14F3N5O3. The van der Waals surface area contributed by atoms with E-state index in [0.717, 1.165) is 0 Å². The molecule has 1 amide bonds. The van der Waals surface area contributed by atoms with Gasteiger partial charge in [-0.2, -0.15) is 18.2 Å². The van der Waals surface area contributed by atoms with Gasteiger partial charge in [0.05, 0.1) is 24.1 Å². The maximum Gasteiger partial charge on any atom is 0.455 e. The third-order valence-corrected chi connectivity index (χ3v) is 4.64.